The zero-order valence-corrected chi connectivity index (χ0v) is 16.6. The van der Waals surface area contributed by atoms with Gasteiger partial charge in [-0.05, 0) is 24.3 Å². The highest BCUT2D eigenvalue weighted by molar-refractivity contribution is 6.30. The zero-order chi connectivity index (χ0) is 20.4. The SMILES string of the molecule is COc1cc2ncc(C(=O)N(C)C)c(Nc3ccc(Cl)cc3F)c2cc1OC. The molecule has 0 spiro atoms. The molecule has 0 unspecified atom stereocenters. The van der Waals surface area contributed by atoms with Gasteiger partial charge < -0.3 is 19.7 Å². The average molecular weight is 404 g/mol. The number of aromatic nitrogens is 1. The number of carbonyl (C=O) groups is 1. The van der Waals surface area contributed by atoms with Gasteiger partial charge in [-0.15, -0.1) is 0 Å². The summed E-state index contributed by atoms with van der Waals surface area (Å²) in [5, 5.41) is 3.88. The van der Waals surface area contributed by atoms with Crippen LogP contribution in [0.25, 0.3) is 10.9 Å². The molecule has 0 fully saturated rings. The molecule has 3 aromatic rings. The molecular formula is C20H19ClFN3O3. The van der Waals surface area contributed by atoms with Crippen LogP contribution in [0.4, 0.5) is 15.8 Å². The number of halogens is 2. The number of fused-ring (bicyclic) bond motifs is 1. The van der Waals surface area contributed by atoms with Gasteiger partial charge in [0.15, 0.2) is 11.5 Å². The first-order valence-corrected chi connectivity index (χ1v) is 8.72. The van der Waals surface area contributed by atoms with Gasteiger partial charge in [0.05, 0.1) is 36.7 Å². The van der Waals surface area contributed by atoms with Gasteiger partial charge in [-0.3, -0.25) is 9.78 Å². The third kappa shape index (κ3) is 3.66. The number of rotatable bonds is 5. The fourth-order valence-corrected chi connectivity index (χ4v) is 2.94. The number of hydrogen-bond donors (Lipinski definition) is 1. The van der Waals surface area contributed by atoms with Crippen LogP contribution in [-0.2, 0) is 0 Å². The van der Waals surface area contributed by atoms with Crippen LogP contribution < -0.4 is 14.8 Å². The van der Waals surface area contributed by atoms with Gasteiger partial charge in [0.2, 0.25) is 0 Å². The zero-order valence-electron chi connectivity index (χ0n) is 15.8. The quantitative estimate of drug-likeness (QED) is 0.680. The number of benzene rings is 2. The van der Waals surface area contributed by atoms with E-state index in [0.717, 1.165) is 0 Å². The highest BCUT2D eigenvalue weighted by atomic mass is 35.5. The van der Waals surface area contributed by atoms with Crippen molar-refractivity contribution in [1.82, 2.24) is 9.88 Å². The number of hydrogen-bond acceptors (Lipinski definition) is 5. The van der Waals surface area contributed by atoms with Crippen molar-refractivity contribution in [3.63, 3.8) is 0 Å². The minimum Gasteiger partial charge on any atom is -0.493 e. The van der Waals surface area contributed by atoms with Crippen molar-refractivity contribution in [3.05, 3.63) is 52.9 Å². The standard InChI is InChI=1S/C20H19ClFN3O3/c1-25(2)20(26)13-10-23-16-9-18(28-4)17(27-3)8-12(16)19(13)24-15-6-5-11(21)7-14(15)22/h5-10H,1-4H3,(H,23,24). The van der Waals surface area contributed by atoms with E-state index in [0.29, 0.717) is 33.7 Å². The molecule has 0 aliphatic heterocycles. The predicted octanol–water partition coefficient (Wildman–Crippen LogP) is 4.49. The lowest BCUT2D eigenvalue weighted by atomic mass is 10.1. The lowest BCUT2D eigenvalue weighted by molar-refractivity contribution is 0.0828. The lowest BCUT2D eigenvalue weighted by Crippen LogP contribution is -2.23. The van der Waals surface area contributed by atoms with Crippen LogP contribution in [0.1, 0.15) is 10.4 Å². The molecular weight excluding hydrogens is 385 g/mol. The molecule has 8 heteroatoms. The monoisotopic (exact) mass is 403 g/mol. The summed E-state index contributed by atoms with van der Waals surface area (Å²) < 4.78 is 25.1. The molecule has 0 aliphatic rings. The topological polar surface area (TPSA) is 63.7 Å². The third-order valence-electron chi connectivity index (χ3n) is 4.20. The molecule has 28 heavy (non-hydrogen) atoms. The first-order chi connectivity index (χ1) is 13.3. The maximum absolute atomic E-state index is 14.4. The molecule has 2 aromatic carbocycles. The van der Waals surface area contributed by atoms with E-state index < -0.39 is 5.82 Å². The second-order valence-electron chi connectivity index (χ2n) is 6.22. The van der Waals surface area contributed by atoms with E-state index in [1.807, 2.05) is 0 Å². The molecule has 1 heterocycles. The Bertz CT molecular complexity index is 1060. The number of amides is 1. The Labute approximate surface area is 166 Å². The summed E-state index contributed by atoms with van der Waals surface area (Å²) in [7, 11) is 6.30. The Kier molecular flexibility index (Phi) is 5.56. The van der Waals surface area contributed by atoms with Crippen molar-refractivity contribution in [1.29, 1.82) is 0 Å². The van der Waals surface area contributed by atoms with E-state index >= 15 is 0 Å². The number of ether oxygens (including phenoxy) is 2. The van der Waals surface area contributed by atoms with Crippen LogP contribution in [0.2, 0.25) is 5.02 Å². The molecule has 6 nitrogen and oxygen atoms in total. The number of pyridine rings is 1. The van der Waals surface area contributed by atoms with Crippen LogP contribution >= 0.6 is 11.6 Å². The first kappa shape index (κ1) is 19.7. The Hall–Kier alpha value is -3.06. The molecule has 146 valence electrons. The van der Waals surface area contributed by atoms with Crippen molar-refractivity contribution >= 4 is 39.8 Å². The summed E-state index contributed by atoms with van der Waals surface area (Å²) in [5.41, 5.74) is 1.44. The van der Waals surface area contributed by atoms with Gasteiger partial charge in [-0.2, -0.15) is 0 Å². The molecule has 0 radical (unpaired) electrons. The van der Waals surface area contributed by atoms with Gasteiger partial charge in [-0.25, -0.2) is 4.39 Å². The van der Waals surface area contributed by atoms with Gasteiger partial charge in [0, 0.05) is 36.8 Å². The maximum atomic E-state index is 14.4. The second-order valence-corrected chi connectivity index (χ2v) is 6.66. The molecule has 3 rings (SSSR count). The fraction of sp³-hybridized carbons (Fsp3) is 0.200. The number of anilines is 2. The Morgan fingerprint density at radius 3 is 2.43 bits per heavy atom. The Morgan fingerprint density at radius 1 is 1.14 bits per heavy atom. The summed E-state index contributed by atoms with van der Waals surface area (Å²) >= 11 is 5.84. The molecule has 1 amide bonds. The van der Waals surface area contributed by atoms with Crippen molar-refractivity contribution in [2.75, 3.05) is 33.6 Å². The van der Waals surface area contributed by atoms with Crippen LogP contribution in [0.3, 0.4) is 0 Å². The summed E-state index contributed by atoms with van der Waals surface area (Å²) in [5.74, 6) is 0.144. The van der Waals surface area contributed by atoms with Gasteiger partial charge in [-0.1, -0.05) is 11.6 Å². The maximum Gasteiger partial charge on any atom is 0.257 e. The third-order valence-corrected chi connectivity index (χ3v) is 4.44. The van der Waals surface area contributed by atoms with Gasteiger partial charge in [0.1, 0.15) is 5.82 Å². The molecule has 0 bridgehead atoms. The van der Waals surface area contributed by atoms with Crippen LogP contribution in [0.15, 0.2) is 36.5 Å². The summed E-state index contributed by atoms with van der Waals surface area (Å²) in [6, 6.07) is 7.66. The number of nitrogens with one attached hydrogen (secondary N) is 1. The Balaban J connectivity index is 2.27. The summed E-state index contributed by atoms with van der Waals surface area (Å²) in [6.45, 7) is 0. The lowest BCUT2D eigenvalue weighted by Gasteiger charge is -2.18. The Morgan fingerprint density at radius 2 is 1.82 bits per heavy atom. The number of carbonyl (C=O) groups excluding carboxylic acids is 1. The van der Waals surface area contributed by atoms with Crippen molar-refractivity contribution in [2.24, 2.45) is 0 Å². The molecule has 0 saturated carbocycles. The second kappa shape index (κ2) is 7.90. The first-order valence-electron chi connectivity index (χ1n) is 8.34. The highest BCUT2D eigenvalue weighted by Crippen LogP contribution is 2.37. The van der Waals surface area contributed by atoms with E-state index in [1.165, 1.54) is 37.4 Å². The summed E-state index contributed by atoms with van der Waals surface area (Å²) in [4.78, 5) is 18.5. The average Bonchev–Trinajstić information content (AvgIpc) is 2.68. The van der Waals surface area contributed by atoms with Crippen LogP contribution in [0.5, 0.6) is 11.5 Å². The number of methoxy groups -OCH3 is 2. The van der Waals surface area contributed by atoms with E-state index in [2.05, 4.69) is 10.3 Å². The normalized spacial score (nSPS) is 10.6. The molecule has 1 aromatic heterocycles. The van der Waals surface area contributed by atoms with Crippen molar-refractivity contribution in [3.8, 4) is 11.5 Å². The van der Waals surface area contributed by atoms with E-state index in [9.17, 15) is 9.18 Å². The van der Waals surface area contributed by atoms with Crippen molar-refractivity contribution in [2.45, 2.75) is 0 Å². The van der Waals surface area contributed by atoms with E-state index in [1.54, 1.807) is 32.3 Å². The van der Waals surface area contributed by atoms with Crippen LogP contribution in [-0.4, -0.2) is 44.1 Å². The fourth-order valence-electron chi connectivity index (χ4n) is 2.78. The molecule has 0 atom stereocenters. The minimum absolute atomic E-state index is 0.180. The minimum atomic E-state index is -0.541. The number of nitrogens with zero attached hydrogens (tertiary/aromatic N) is 2. The predicted molar refractivity (Wildman–Crippen MR) is 108 cm³/mol. The molecule has 0 saturated heterocycles. The summed E-state index contributed by atoms with van der Waals surface area (Å²) in [6.07, 6.45) is 1.45. The van der Waals surface area contributed by atoms with Crippen molar-refractivity contribution < 1.29 is 18.7 Å². The van der Waals surface area contributed by atoms with Gasteiger partial charge >= 0.3 is 0 Å². The van der Waals surface area contributed by atoms with Gasteiger partial charge in [0.25, 0.3) is 5.91 Å². The smallest absolute Gasteiger partial charge is 0.257 e. The largest absolute Gasteiger partial charge is 0.493 e. The highest BCUT2D eigenvalue weighted by Gasteiger charge is 2.20. The van der Waals surface area contributed by atoms with E-state index in [4.69, 9.17) is 21.1 Å². The van der Waals surface area contributed by atoms with E-state index in [-0.39, 0.29) is 16.6 Å². The molecule has 1 N–H and O–H groups in total. The molecule has 0 aliphatic carbocycles. The van der Waals surface area contributed by atoms with Crippen LogP contribution in [0, 0.1) is 5.82 Å².